The molecule has 1 atom stereocenters. The Kier molecular flexibility index (Phi) is 4.71. The molecule has 1 unspecified atom stereocenters. The van der Waals surface area contributed by atoms with Gasteiger partial charge in [-0.3, -0.25) is 9.78 Å². The quantitative estimate of drug-likeness (QED) is 0.878. The summed E-state index contributed by atoms with van der Waals surface area (Å²) in [6.45, 7) is 4.59. The van der Waals surface area contributed by atoms with E-state index in [9.17, 15) is 9.90 Å². The maximum Gasteiger partial charge on any atom is 0.219 e. The number of carbonyl (C=O) groups is 1. The summed E-state index contributed by atoms with van der Waals surface area (Å²) in [5.74, 6) is 1.27. The lowest BCUT2D eigenvalue weighted by molar-refractivity contribution is -0.129. The van der Waals surface area contributed by atoms with Crippen molar-refractivity contribution >= 4 is 11.7 Å². The number of fused-ring (bicyclic) bond motifs is 1. The molecule has 0 fully saturated rings. The molecule has 7 heteroatoms. The number of carbonyl (C=O) groups excluding carboxylic acids is 1. The molecular weight excluding hydrogens is 306 g/mol. The molecule has 2 aromatic heterocycles. The summed E-state index contributed by atoms with van der Waals surface area (Å²) in [6.07, 6.45) is 2.39. The lowest BCUT2D eigenvalue weighted by Crippen LogP contribution is -2.36. The van der Waals surface area contributed by atoms with E-state index in [1.165, 1.54) is 0 Å². The molecule has 0 aliphatic carbocycles. The van der Waals surface area contributed by atoms with E-state index in [4.69, 9.17) is 0 Å². The number of nitrogens with one attached hydrogen (secondary N) is 1. The molecule has 7 nitrogen and oxygen atoms in total. The van der Waals surface area contributed by atoms with E-state index in [0.29, 0.717) is 36.8 Å². The van der Waals surface area contributed by atoms with Crippen LogP contribution < -0.4 is 5.32 Å². The average Bonchev–Trinajstić information content (AvgIpc) is 2.61. The van der Waals surface area contributed by atoms with Gasteiger partial charge >= 0.3 is 0 Å². The Morgan fingerprint density at radius 2 is 2.25 bits per heavy atom. The third kappa shape index (κ3) is 3.35. The monoisotopic (exact) mass is 327 g/mol. The van der Waals surface area contributed by atoms with Gasteiger partial charge in [0.25, 0.3) is 0 Å². The standard InChI is InChI=1S/C17H21N5O2/c1-11(10-23)19-16-13-6-8-22(12(2)24)9-15(13)20-17(21-16)14-5-3-4-7-18-14/h3-5,7,11,23H,6,8-10H2,1-2H3,(H,19,20,21). The van der Waals surface area contributed by atoms with Gasteiger partial charge in [0.1, 0.15) is 11.5 Å². The van der Waals surface area contributed by atoms with E-state index < -0.39 is 0 Å². The number of pyridine rings is 1. The number of hydrogen-bond donors (Lipinski definition) is 2. The molecule has 0 aromatic carbocycles. The van der Waals surface area contributed by atoms with Crippen LogP contribution in [0.5, 0.6) is 0 Å². The van der Waals surface area contributed by atoms with Gasteiger partial charge in [-0.25, -0.2) is 9.97 Å². The van der Waals surface area contributed by atoms with Crippen LogP contribution in [0.4, 0.5) is 5.82 Å². The van der Waals surface area contributed by atoms with Crippen LogP contribution >= 0.6 is 0 Å². The molecule has 1 amide bonds. The van der Waals surface area contributed by atoms with Crippen molar-refractivity contribution in [2.45, 2.75) is 32.9 Å². The maximum atomic E-state index is 11.7. The molecule has 24 heavy (non-hydrogen) atoms. The predicted molar refractivity (Wildman–Crippen MR) is 90.2 cm³/mol. The topological polar surface area (TPSA) is 91.2 Å². The largest absolute Gasteiger partial charge is 0.394 e. The third-order valence-electron chi connectivity index (χ3n) is 4.06. The first-order valence-electron chi connectivity index (χ1n) is 8.02. The highest BCUT2D eigenvalue weighted by Gasteiger charge is 2.24. The zero-order valence-corrected chi connectivity index (χ0v) is 13.9. The van der Waals surface area contributed by atoms with Crippen molar-refractivity contribution in [3.63, 3.8) is 0 Å². The highest BCUT2D eigenvalue weighted by atomic mass is 16.3. The highest BCUT2D eigenvalue weighted by molar-refractivity contribution is 5.74. The third-order valence-corrected chi connectivity index (χ3v) is 4.06. The molecule has 0 saturated heterocycles. The molecule has 2 N–H and O–H groups in total. The zero-order valence-electron chi connectivity index (χ0n) is 13.9. The summed E-state index contributed by atoms with van der Waals surface area (Å²) < 4.78 is 0. The summed E-state index contributed by atoms with van der Waals surface area (Å²) in [6, 6.07) is 5.46. The van der Waals surface area contributed by atoms with Crippen LogP contribution in [0, 0.1) is 0 Å². The Morgan fingerprint density at radius 1 is 1.42 bits per heavy atom. The van der Waals surface area contributed by atoms with E-state index >= 15 is 0 Å². The molecule has 0 saturated carbocycles. The van der Waals surface area contributed by atoms with E-state index in [2.05, 4.69) is 20.3 Å². The number of anilines is 1. The van der Waals surface area contributed by atoms with Crippen LogP contribution in [-0.4, -0.2) is 50.1 Å². The first kappa shape index (κ1) is 16.3. The molecular formula is C17H21N5O2. The molecule has 3 rings (SSSR count). The number of aliphatic hydroxyl groups excluding tert-OH is 1. The van der Waals surface area contributed by atoms with Crippen molar-refractivity contribution in [1.29, 1.82) is 0 Å². The molecule has 0 spiro atoms. The number of aromatic nitrogens is 3. The minimum absolute atomic E-state index is 0.0112. The Labute approximate surface area is 140 Å². The van der Waals surface area contributed by atoms with Crippen molar-refractivity contribution in [3.05, 3.63) is 35.7 Å². The van der Waals surface area contributed by atoms with Crippen LogP contribution in [-0.2, 0) is 17.8 Å². The second-order valence-corrected chi connectivity index (χ2v) is 5.95. The van der Waals surface area contributed by atoms with Crippen molar-refractivity contribution in [2.24, 2.45) is 0 Å². The van der Waals surface area contributed by atoms with E-state index in [1.54, 1.807) is 18.0 Å². The Balaban J connectivity index is 2.04. The smallest absolute Gasteiger partial charge is 0.219 e. The molecule has 1 aliphatic heterocycles. The van der Waals surface area contributed by atoms with E-state index in [-0.39, 0.29) is 18.6 Å². The number of hydrogen-bond acceptors (Lipinski definition) is 6. The van der Waals surface area contributed by atoms with Crippen molar-refractivity contribution < 1.29 is 9.90 Å². The number of aliphatic hydroxyl groups is 1. The summed E-state index contributed by atoms with van der Waals surface area (Å²) >= 11 is 0. The minimum atomic E-state index is -0.119. The first-order valence-corrected chi connectivity index (χ1v) is 8.02. The average molecular weight is 327 g/mol. The van der Waals surface area contributed by atoms with Gasteiger partial charge in [-0.15, -0.1) is 0 Å². The van der Waals surface area contributed by atoms with E-state index in [0.717, 1.165) is 11.3 Å². The Bertz CT molecular complexity index is 735. The van der Waals surface area contributed by atoms with Crippen molar-refractivity contribution in [1.82, 2.24) is 19.9 Å². The van der Waals surface area contributed by atoms with Crippen molar-refractivity contribution in [3.8, 4) is 11.5 Å². The SMILES string of the molecule is CC(=O)N1CCc2c(nc(-c3ccccn3)nc2NC(C)CO)C1. The van der Waals surface area contributed by atoms with Gasteiger partial charge in [0.2, 0.25) is 5.91 Å². The fraction of sp³-hybridized carbons (Fsp3) is 0.412. The van der Waals surface area contributed by atoms with Gasteiger partial charge < -0.3 is 15.3 Å². The van der Waals surface area contributed by atoms with Gasteiger partial charge in [0.15, 0.2) is 5.82 Å². The van der Waals surface area contributed by atoms with Crippen LogP contribution in [0.15, 0.2) is 24.4 Å². The normalized spacial score (nSPS) is 14.9. The Hall–Kier alpha value is -2.54. The van der Waals surface area contributed by atoms with E-state index in [1.807, 2.05) is 25.1 Å². The van der Waals surface area contributed by atoms with Crippen LogP contribution in [0.3, 0.4) is 0 Å². The first-order chi connectivity index (χ1) is 11.6. The van der Waals surface area contributed by atoms with Gasteiger partial charge in [0, 0.05) is 31.3 Å². The summed E-state index contributed by atoms with van der Waals surface area (Å²) in [5, 5.41) is 12.6. The minimum Gasteiger partial charge on any atom is -0.394 e. The number of amides is 1. The fourth-order valence-corrected chi connectivity index (χ4v) is 2.71. The van der Waals surface area contributed by atoms with Crippen LogP contribution in [0.1, 0.15) is 25.1 Å². The molecule has 3 heterocycles. The predicted octanol–water partition coefficient (Wildman–Crippen LogP) is 1.24. The molecule has 1 aliphatic rings. The second kappa shape index (κ2) is 6.92. The van der Waals surface area contributed by atoms with Crippen LogP contribution in [0.2, 0.25) is 0 Å². The second-order valence-electron chi connectivity index (χ2n) is 5.95. The number of rotatable bonds is 4. The summed E-state index contributed by atoms with van der Waals surface area (Å²) in [5.41, 5.74) is 2.52. The number of nitrogens with zero attached hydrogens (tertiary/aromatic N) is 4. The van der Waals surface area contributed by atoms with Crippen LogP contribution in [0.25, 0.3) is 11.5 Å². The van der Waals surface area contributed by atoms with Gasteiger partial charge in [-0.05, 0) is 25.5 Å². The van der Waals surface area contributed by atoms with Gasteiger partial charge in [-0.2, -0.15) is 0 Å². The lowest BCUT2D eigenvalue weighted by Gasteiger charge is -2.29. The summed E-state index contributed by atoms with van der Waals surface area (Å²) in [7, 11) is 0. The Morgan fingerprint density at radius 3 is 2.92 bits per heavy atom. The van der Waals surface area contributed by atoms with Crippen molar-refractivity contribution in [2.75, 3.05) is 18.5 Å². The molecule has 2 aromatic rings. The van der Waals surface area contributed by atoms with Gasteiger partial charge in [0.05, 0.1) is 18.8 Å². The zero-order chi connectivity index (χ0) is 17.1. The molecule has 126 valence electrons. The van der Waals surface area contributed by atoms with Gasteiger partial charge in [-0.1, -0.05) is 6.07 Å². The lowest BCUT2D eigenvalue weighted by atomic mass is 10.0. The molecule has 0 radical (unpaired) electrons. The molecule has 0 bridgehead atoms. The summed E-state index contributed by atoms with van der Waals surface area (Å²) in [4.78, 5) is 27.0. The highest BCUT2D eigenvalue weighted by Crippen LogP contribution is 2.27. The maximum absolute atomic E-state index is 11.7. The fourth-order valence-electron chi connectivity index (χ4n) is 2.71.